The van der Waals surface area contributed by atoms with Gasteiger partial charge in [0.15, 0.2) is 9.84 Å². The summed E-state index contributed by atoms with van der Waals surface area (Å²) in [6, 6.07) is 6.34. The normalized spacial score (nSPS) is 12.7. The molecule has 0 fully saturated rings. The van der Waals surface area contributed by atoms with Gasteiger partial charge in [-0.15, -0.1) is 0 Å². The van der Waals surface area contributed by atoms with Gasteiger partial charge in [-0.25, -0.2) is 13.2 Å². The Morgan fingerprint density at radius 3 is 2.16 bits per heavy atom. The van der Waals surface area contributed by atoms with Crippen LogP contribution in [0.3, 0.4) is 0 Å². The molecule has 0 bridgehead atoms. The Hall–Kier alpha value is -1.62. The first kappa shape index (κ1) is 15.4. The lowest BCUT2D eigenvalue weighted by molar-refractivity contribution is -0.131. The van der Waals surface area contributed by atoms with Crippen LogP contribution < -0.4 is 0 Å². The minimum absolute atomic E-state index is 0.261. The van der Waals surface area contributed by atoms with Gasteiger partial charge >= 0.3 is 5.97 Å². The second-order valence-corrected chi connectivity index (χ2v) is 6.98. The van der Waals surface area contributed by atoms with E-state index in [1.165, 1.54) is 12.1 Å². The molecule has 5 heteroatoms. The summed E-state index contributed by atoms with van der Waals surface area (Å²) in [5.41, 5.74) is 1.40. The highest BCUT2D eigenvalue weighted by molar-refractivity contribution is 7.92. The maximum absolute atomic E-state index is 12.0. The second kappa shape index (κ2) is 6.02. The van der Waals surface area contributed by atoms with Crippen molar-refractivity contribution >= 4 is 21.4 Å². The van der Waals surface area contributed by atoms with E-state index < -0.39 is 21.1 Å². The molecular weight excluding hydrogens is 264 g/mol. The maximum atomic E-state index is 12.0. The number of rotatable bonds is 5. The summed E-state index contributed by atoms with van der Waals surface area (Å²) in [7, 11) is -3.28. The van der Waals surface area contributed by atoms with E-state index in [1.54, 1.807) is 26.0 Å². The lowest BCUT2D eigenvalue weighted by Crippen LogP contribution is -2.13. The molecule has 0 aliphatic carbocycles. The predicted octanol–water partition coefficient (Wildman–Crippen LogP) is 2.75. The number of sulfone groups is 1. The van der Waals surface area contributed by atoms with Crippen LogP contribution in [0, 0.1) is 0 Å². The fraction of sp³-hybridized carbons (Fsp3) is 0.357. The standard InChI is InChI=1S/C14H18O4S/c1-4-11(9-14(15)16)12-5-7-13(8-6-12)19(17,18)10(2)3/h5-10H,4H2,1-3H3,(H,15,16)/b11-9+. The van der Waals surface area contributed by atoms with E-state index in [2.05, 4.69) is 0 Å². The lowest BCUT2D eigenvalue weighted by Gasteiger charge is -2.09. The number of carbonyl (C=O) groups is 1. The topological polar surface area (TPSA) is 71.4 Å². The van der Waals surface area contributed by atoms with E-state index in [4.69, 9.17) is 5.11 Å². The van der Waals surface area contributed by atoms with Crippen molar-refractivity contribution in [2.75, 3.05) is 0 Å². The van der Waals surface area contributed by atoms with E-state index in [1.807, 2.05) is 6.92 Å². The smallest absolute Gasteiger partial charge is 0.328 e. The van der Waals surface area contributed by atoms with Crippen LogP contribution in [-0.2, 0) is 14.6 Å². The molecule has 0 saturated carbocycles. The monoisotopic (exact) mass is 282 g/mol. The van der Waals surface area contributed by atoms with Crippen molar-refractivity contribution in [2.24, 2.45) is 0 Å². The van der Waals surface area contributed by atoms with Gasteiger partial charge in [0.1, 0.15) is 0 Å². The van der Waals surface area contributed by atoms with Crippen LogP contribution in [0.25, 0.3) is 5.57 Å². The molecule has 1 aromatic carbocycles. The molecule has 0 atom stereocenters. The molecule has 0 heterocycles. The molecule has 1 N–H and O–H groups in total. The number of aliphatic carboxylic acids is 1. The molecule has 0 spiro atoms. The van der Waals surface area contributed by atoms with Crippen LogP contribution in [0.15, 0.2) is 35.2 Å². The number of allylic oxidation sites excluding steroid dienone is 1. The van der Waals surface area contributed by atoms with E-state index in [0.717, 1.165) is 11.6 Å². The largest absolute Gasteiger partial charge is 0.478 e. The lowest BCUT2D eigenvalue weighted by atomic mass is 10.0. The number of benzene rings is 1. The Morgan fingerprint density at radius 2 is 1.79 bits per heavy atom. The summed E-state index contributed by atoms with van der Waals surface area (Å²) < 4.78 is 23.9. The minimum Gasteiger partial charge on any atom is -0.478 e. The first-order valence-electron chi connectivity index (χ1n) is 6.06. The third-order valence-electron chi connectivity index (χ3n) is 2.85. The third kappa shape index (κ3) is 3.67. The van der Waals surface area contributed by atoms with Gasteiger partial charge in [0.2, 0.25) is 0 Å². The van der Waals surface area contributed by atoms with Crippen LogP contribution in [0.1, 0.15) is 32.8 Å². The summed E-state index contributed by atoms with van der Waals surface area (Å²) in [6.07, 6.45) is 1.72. The summed E-state index contributed by atoms with van der Waals surface area (Å²) in [5, 5.41) is 8.29. The molecule has 1 rings (SSSR count). The number of carboxylic acids is 1. The van der Waals surface area contributed by atoms with Crippen molar-refractivity contribution in [2.45, 2.75) is 37.3 Å². The van der Waals surface area contributed by atoms with Crippen LogP contribution in [0.5, 0.6) is 0 Å². The molecule has 0 aliphatic heterocycles. The molecule has 0 amide bonds. The molecule has 0 aliphatic rings. The molecule has 0 radical (unpaired) electrons. The van der Waals surface area contributed by atoms with E-state index >= 15 is 0 Å². The maximum Gasteiger partial charge on any atom is 0.328 e. The first-order valence-corrected chi connectivity index (χ1v) is 7.61. The van der Waals surface area contributed by atoms with Crippen molar-refractivity contribution in [3.63, 3.8) is 0 Å². The van der Waals surface area contributed by atoms with Gasteiger partial charge in [-0.3, -0.25) is 0 Å². The van der Waals surface area contributed by atoms with Crippen LogP contribution in [0.4, 0.5) is 0 Å². The fourth-order valence-electron chi connectivity index (χ4n) is 1.67. The number of carboxylic acid groups (broad SMARTS) is 1. The highest BCUT2D eigenvalue weighted by Gasteiger charge is 2.18. The van der Waals surface area contributed by atoms with E-state index in [-0.39, 0.29) is 4.90 Å². The fourth-order valence-corrected chi connectivity index (χ4v) is 2.73. The Balaban J connectivity index is 3.16. The van der Waals surface area contributed by atoms with E-state index in [0.29, 0.717) is 12.0 Å². The molecule has 0 unspecified atom stereocenters. The van der Waals surface area contributed by atoms with Crippen molar-refractivity contribution in [3.8, 4) is 0 Å². The predicted molar refractivity (Wildman–Crippen MR) is 74.7 cm³/mol. The molecule has 1 aromatic rings. The zero-order valence-electron chi connectivity index (χ0n) is 11.3. The molecule has 4 nitrogen and oxygen atoms in total. The highest BCUT2D eigenvalue weighted by Crippen LogP contribution is 2.22. The molecule has 19 heavy (non-hydrogen) atoms. The van der Waals surface area contributed by atoms with Crippen molar-refractivity contribution in [1.29, 1.82) is 0 Å². The van der Waals surface area contributed by atoms with Crippen LogP contribution >= 0.6 is 0 Å². The van der Waals surface area contributed by atoms with Gasteiger partial charge in [-0.05, 0) is 43.5 Å². The summed E-state index contributed by atoms with van der Waals surface area (Å²) in [6.45, 7) is 5.11. The van der Waals surface area contributed by atoms with Crippen molar-refractivity contribution in [1.82, 2.24) is 0 Å². The minimum atomic E-state index is -3.28. The van der Waals surface area contributed by atoms with Gasteiger partial charge < -0.3 is 5.11 Å². The first-order chi connectivity index (χ1) is 8.78. The Bertz CT molecular complexity index is 580. The average Bonchev–Trinajstić information content (AvgIpc) is 2.35. The number of hydrogen-bond acceptors (Lipinski definition) is 3. The summed E-state index contributed by atoms with van der Waals surface area (Å²) in [4.78, 5) is 10.9. The van der Waals surface area contributed by atoms with Crippen LogP contribution in [-0.4, -0.2) is 24.7 Å². The van der Waals surface area contributed by atoms with Crippen molar-refractivity contribution < 1.29 is 18.3 Å². The van der Waals surface area contributed by atoms with Crippen LogP contribution in [0.2, 0.25) is 0 Å². The highest BCUT2D eigenvalue weighted by atomic mass is 32.2. The number of hydrogen-bond donors (Lipinski definition) is 1. The zero-order chi connectivity index (χ0) is 14.6. The average molecular weight is 282 g/mol. The SMILES string of the molecule is CC/C(=C\C(=O)O)c1ccc(S(=O)(=O)C(C)C)cc1. The van der Waals surface area contributed by atoms with Crippen molar-refractivity contribution in [3.05, 3.63) is 35.9 Å². The van der Waals surface area contributed by atoms with Gasteiger partial charge in [0, 0.05) is 6.08 Å². The summed E-state index contributed by atoms with van der Waals surface area (Å²) in [5.74, 6) is -1.00. The van der Waals surface area contributed by atoms with Gasteiger partial charge in [0.05, 0.1) is 10.1 Å². The quantitative estimate of drug-likeness (QED) is 0.843. The Morgan fingerprint density at radius 1 is 1.26 bits per heavy atom. The Labute approximate surface area is 113 Å². The third-order valence-corrected chi connectivity index (χ3v) is 5.02. The zero-order valence-corrected chi connectivity index (χ0v) is 12.1. The van der Waals surface area contributed by atoms with E-state index in [9.17, 15) is 13.2 Å². The molecular formula is C14H18O4S. The molecule has 0 aromatic heterocycles. The molecule has 104 valence electrons. The van der Waals surface area contributed by atoms with Gasteiger partial charge in [0.25, 0.3) is 0 Å². The van der Waals surface area contributed by atoms with Gasteiger partial charge in [-0.1, -0.05) is 19.1 Å². The second-order valence-electron chi connectivity index (χ2n) is 4.48. The summed E-state index contributed by atoms with van der Waals surface area (Å²) >= 11 is 0. The Kier molecular flexibility index (Phi) is 4.89. The molecule has 0 saturated heterocycles. The van der Waals surface area contributed by atoms with Gasteiger partial charge in [-0.2, -0.15) is 0 Å².